The van der Waals surface area contributed by atoms with E-state index in [0.29, 0.717) is 23.9 Å². The third-order valence-corrected chi connectivity index (χ3v) is 6.36. The number of amides is 1. The van der Waals surface area contributed by atoms with Crippen molar-refractivity contribution in [1.29, 1.82) is 0 Å². The number of rotatable bonds is 6. The molecule has 4 heterocycles. The zero-order valence-electron chi connectivity index (χ0n) is 18.6. The first kappa shape index (κ1) is 22.2. The molecule has 0 radical (unpaired) electrons. The lowest BCUT2D eigenvalue weighted by atomic mass is 9.99. The highest BCUT2D eigenvalue weighted by Crippen LogP contribution is 2.45. The zero-order chi connectivity index (χ0) is 24.0. The highest BCUT2D eigenvalue weighted by molar-refractivity contribution is 5.93. The Labute approximate surface area is 193 Å². The lowest BCUT2D eigenvalue weighted by Gasteiger charge is -2.38. The average Bonchev–Trinajstić information content (AvgIpc) is 3.36. The second kappa shape index (κ2) is 8.33. The Hall–Kier alpha value is -3.57. The van der Waals surface area contributed by atoms with Crippen LogP contribution in [-0.2, 0) is 11.1 Å². The number of anilines is 3. The minimum atomic E-state index is -4.61. The third-order valence-electron chi connectivity index (χ3n) is 6.36. The monoisotopic (exact) mass is 474 g/mol. The molecule has 0 bridgehead atoms. The summed E-state index contributed by atoms with van der Waals surface area (Å²) in [6, 6.07) is 0.0756. The van der Waals surface area contributed by atoms with Gasteiger partial charge >= 0.3 is 6.30 Å². The number of hydrogen-bond donors (Lipinski definition) is 3. The van der Waals surface area contributed by atoms with Gasteiger partial charge in [0.15, 0.2) is 0 Å². The molecule has 2 aliphatic rings. The quantitative estimate of drug-likeness (QED) is 0.462. The molecule has 1 aliphatic heterocycles. The van der Waals surface area contributed by atoms with Gasteiger partial charge in [-0.3, -0.25) is 4.79 Å². The number of carbonyl (C=O) groups excluding carboxylic acids is 1. The van der Waals surface area contributed by atoms with Gasteiger partial charge in [0, 0.05) is 24.8 Å². The van der Waals surface area contributed by atoms with Gasteiger partial charge in [-0.15, -0.1) is 13.2 Å². The molecule has 3 aromatic heterocycles. The van der Waals surface area contributed by atoms with Crippen molar-refractivity contribution in [2.45, 2.75) is 56.9 Å². The van der Waals surface area contributed by atoms with E-state index in [1.54, 1.807) is 4.90 Å². The molecule has 1 aliphatic carbocycles. The number of aromatic amines is 1. The summed E-state index contributed by atoms with van der Waals surface area (Å²) in [5.74, 6) is 1.05. The van der Waals surface area contributed by atoms with Gasteiger partial charge in [-0.1, -0.05) is 6.58 Å². The molecule has 0 aromatic carbocycles. The molecule has 0 spiro atoms. The molecule has 1 saturated heterocycles. The van der Waals surface area contributed by atoms with Gasteiger partial charge in [-0.05, 0) is 50.2 Å². The zero-order valence-corrected chi connectivity index (χ0v) is 18.6. The maximum absolute atomic E-state index is 12.9. The largest absolute Gasteiger partial charge is 0.504 e. The van der Waals surface area contributed by atoms with Crippen molar-refractivity contribution in [3.05, 3.63) is 36.8 Å². The van der Waals surface area contributed by atoms with Crippen molar-refractivity contribution in [3.63, 3.8) is 0 Å². The number of hydrogen-bond acceptors (Lipinski definition) is 6. The van der Waals surface area contributed by atoms with Crippen LogP contribution in [0.4, 0.5) is 30.6 Å². The predicted molar refractivity (Wildman–Crippen MR) is 121 cm³/mol. The summed E-state index contributed by atoms with van der Waals surface area (Å²) in [5.41, 5.74) is 1.83. The number of likely N-dealkylation sites (tertiary alicyclic amines) is 1. The molecule has 2 atom stereocenters. The number of halogens is 3. The summed E-state index contributed by atoms with van der Waals surface area (Å²) in [7, 11) is 0. The normalized spacial score (nSPS) is 21.0. The molecular weight excluding hydrogens is 449 g/mol. The Kier molecular flexibility index (Phi) is 5.45. The fourth-order valence-corrected chi connectivity index (χ4v) is 4.43. The summed E-state index contributed by atoms with van der Waals surface area (Å²) < 4.78 is 38.6. The number of nitrogens with zero attached hydrogens (tertiary/aromatic N) is 5. The van der Waals surface area contributed by atoms with Crippen LogP contribution in [0.1, 0.15) is 44.1 Å². The second-order valence-electron chi connectivity index (χ2n) is 8.87. The fourth-order valence-electron chi connectivity index (χ4n) is 4.43. The first-order chi connectivity index (χ1) is 16.2. The maximum Gasteiger partial charge on any atom is 0.504 e. The highest BCUT2D eigenvalue weighted by atomic mass is 19.4. The molecule has 3 N–H and O–H groups in total. The van der Waals surface area contributed by atoms with Gasteiger partial charge < -0.3 is 20.5 Å². The Morgan fingerprint density at radius 2 is 2.06 bits per heavy atom. The predicted octanol–water partition coefficient (Wildman–Crippen LogP) is 4.23. The van der Waals surface area contributed by atoms with Crippen LogP contribution in [0.2, 0.25) is 0 Å². The van der Waals surface area contributed by atoms with E-state index in [-0.39, 0.29) is 34.3 Å². The number of carbonyl (C=O) groups is 1. The standard InChI is InChI=1S/C22H25F3N8O/c1-3-17(34)32-10-14(7-4-12(32)2)28-20-18-16(13-5-6-13)9-26-19(18)30-21(31-20)29-15-8-27-33(11-15)22(23,24)25/h3,8-9,11-14H,1,4-7,10H2,2H3,(H3,26,28,29,30,31). The molecule has 1 saturated carbocycles. The molecule has 2 fully saturated rings. The van der Waals surface area contributed by atoms with Gasteiger partial charge in [0.05, 0.1) is 23.5 Å². The average molecular weight is 474 g/mol. The number of alkyl halides is 3. The molecular formula is C22H25F3N8O. The summed E-state index contributed by atoms with van der Waals surface area (Å²) in [6.45, 7) is 6.11. The minimum Gasteiger partial charge on any atom is -0.365 e. The van der Waals surface area contributed by atoms with Crippen LogP contribution in [0.5, 0.6) is 0 Å². The molecule has 34 heavy (non-hydrogen) atoms. The lowest BCUT2D eigenvalue weighted by Crippen LogP contribution is -2.49. The smallest absolute Gasteiger partial charge is 0.365 e. The molecule has 3 aromatic rings. The van der Waals surface area contributed by atoms with Crippen LogP contribution < -0.4 is 10.6 Å². The van der Waals surface area contributed by atoms with E-state index in [1.165, 1.54) is 6.08 Å². The van der Waals surface area contributed by atoms with Crippen molar-refractivity contribution in [3.8, 4) is 0 Å². The molecule has 9 nitrogen and oxygen atoms in total. The second-order valence-corrected chi connectivity index (χ2v) is 8.87. The van der Waals surface area contributed by atoms with Crippen molar-refractivity contribution in [1.82, 2.24) is 29.6 Å². The third kappa shape index (κ3) is 4.31. The Balaban J connectivity index is 1.45. The summed E-state index contributed by atoms with van der Waals surface area (Å²) in [4.78, 5) is 26.3. The van der Waals surface area contributed by atoms with Gasteiger partial charge in [0.25, 0.3) is 0 Å². The van der Waals surface area contributed by atoms with E-state index in [1.807, 2.05) is 13.1 Å². The van der Waals surface area contributed by atoms with Crippen molar-refractivity contribution >= 4 is 34.4 Å². The van der Waals surface area contributed by atoms with Crippen LogP contribution in [0, 0.1) is 0 Å². The van der Waals surface area contributed by atoms with E-state index in [0.717, 1.165) is 49.0 Å². The highest BCUT2D eigenvalue weighted by Gasteiger charge is 2.33. The first-order valence-electron chi connectivity index (χ1n) is 11.2. The Morgan fingerprint density at radius 1 is 1.26 bits per heavy atom. The maximum atomic E-state index is 12.9. The van der Waals surface area contributed by atoms with E-state index >= 15 is 0 Å². The van der Waals surface area contributed by atoms with Crippen molar-refractivity contribution < 1.29 is 18.0 Å². The van der Waals surface area contributed by atoms with Crippen LogP contribution in [0.25, 0.3) is 11.0 Å². The molecule has 180 valence electrons. The van der Waals surface area contributed by atoms with E-state index in [2.05, 4.69) is 37.3 Å². The number of fused-ring (bicyclic) bond motifs is 1. The van der Waals surface area contributed by atoms with Gasteiger partial charge in [-0.2, -0.15) is 19.7 Å². The van der Waals surface area contributed by atoms with Gasteiger partial charge in [-0.25, -0.2) is 0 Å². The number of piperidine rings is 1. The van der Waals surface area contributed by atoms with Crippen molar-refractivity contribution in [2.75, 3.05) is 17.2 Å². The minimum absolute atomic E-state index is 0.0408. The number of H-pyrrole nitrogens is 1. The Morgan fingerprint density at radius 3 is 2.74 bits per heavy atom. The van der Waals surface area contributed by atoms with E-state index in [9.17, 15) is 18.0 Å². The topological polar surface area (TPSA) is 104 Å². The summed E-state index contributed by atoms with van der Waals surface area (Å²) >= 11 is 0. The van der Waals surface area contributed by atoms with Crippen LogP contribution in [-0.4, -0.2) is 54.2 Å². The van der Waals surface area contributed by atoms with Crippen LogP contribution in [0.3, 0.4) is 0 Å². The molecule has 2 unspecified atom stereocenters. The van der Waals surface area contributed by atoms with Gasteiger partial charge in [0.2, 0.25) is 11.9 Å². The number of aromatic nitrogens is 5. The molecule has 12 heteroatoms. The molecule has 5 rings (SSSR count). The van der Waals surface area contributed by atoms with Crippen LogP contribution >= 0.6 is 0 Å². The Bertz CT molecular complexity index is 1230. The SMILES string of the molecule is C=CC(=O)N1CC(Nc2nc(Nc3cnn(C(F)(F)F)c3)nc3[nH]cc(C4CC4)c23)CCC1C. The van der Waals surface area contributed by atoms with Gasteiger partial charge in [0.1, 0.15) is 11.5 Å². The van der Waals surface area contributed by atoms with Crippen LogP contribution in [0.15, 0.2) is 31.2 Å². The lowest BCUT2D eigenvalue weighted by molar-refractivity contribution is -0.212. The molecule has 1 amide bonds. The first-order valence-corrected chi connectivity index (χ1v) is 11.2. The number of nitrogens with one attached hydrogen (secondary N) is 3. The van der Waals surface area contributed by atoms with E-state index < -0.39 is 6.30 Å². The fraction of sp³-hybridized carbons (Fsp3) is 0.455. The van der Waals surface area contributed by atoms with Crippen molar-refractivity contribution in [2.24, 2.45) is 0 Å². The van der Waals surface area contributed by atoms with E-state index in [4.69, 9.17) is 0 Å². The summed E-state index contributed by atoms with van der Waals surface area (Å²) in [5, 5.41) is 10.5. The summed E-state index contributed by atoms with van der Waals surface area (Å²) in [6.07, 6.45) is 4.40.